The van der Waals surface area contributed by atoms with Crippen LogP contribution in [0.3, 0.4) is 0 Å². The highest BCUT2D eigenvalue weighted by atomic mass is 79.9. The van der Waals surface area contributed by atoms with Crippen molar-refractivity contribution in [3.63, 3.8) is 0 Å². The first-order valence-corrected chi connectivity index (χ1v) is 8.64. The number of imide groups is 1. The maximum atomic E-state index is 12.3. The molecule has 6 nitrogen and oxygen atoms in total. The normalized spacial score (nSPS) is 25.9. The van der Waals surface area contributed by atoms with Crippen LogP contribution in [0, 0.1) is 5.92 Å². The Labute approximate surface area is 152 Å². The first-order chi connectivity index (χ1) is 12.0. The van der Waals surface area contributed by atoms with Crippen molar-refractivity contribution in [1.29, 1.82) is 0 Å². The molecule has 0 spiro atoms. The van der Waals surface area contributed by atoms with E-state index in [1.165, 1.54) is 0 Å². The second-order valence-corrected chi connectivity index (χ2v) is 7.03. The van der Waals surface area contributed by atoms with E-state index < -0.39 is 24.0 Å². The zero-order chi connectivity index (χ0) is 17.6. The molecule has 2 N–H and O–H groups in total. The maximum Gasteiger partial charge on any atom is 0.258 e. The molecular weight excluding hydrogens is 388 g/mol. The van der Waals surface area contributed by atoms with E-state index in [4.69, 9.17) is 4.84 Å². The van der Waals surface area contributed by atoms with Gasteiger partial charge in [0.2, 0.25) is 5.91 Å². The SMILES string of the molecule is O=C1NC(=O)C2C1ON(Cc1ccccc1)C2c1cc(Br)ccc1O. The number of phenols is 1. The molecule has 2 heterocycles. The third kappa shape index (κ3) is 2.84. The number of rotatable bonds is 3. The van der Waals surface area contributed by atoms with Crippen molar-refractivity contribution in [3.05, 3.63) is 64.1 Å². The molecule has 25 heavy (non-hydrogen) atoms. The summed E-state index contributed by atoms with van der Waals surface area (Å²) in [6, 6.07) is 14.1. The molecule has 4 rings (SSSR count). The van der Waals surface area contributed by atoms with Gasteiger partial charge in [-0.2, -0.15) is 5.06 Å². The number of hydrogen-bond acceptors (Lipinski definition) is 5. The highest BCUT2D eigenvalue weighted by Gasteiger charge is 2.56. The summed E-state index contributed by atoms with van der Waals surface area (Å²) in [6.45, 7) is 0.394. The summed E-state index contributed by atoms with van der Waals surface area (Å²) in [5.74, 6) is -1.46. The quantitative estimate of drug-likeness (QED) is 0.769. The van der Waals surface area contributed by atoms with Gasteiger partial charge in [0.15, 0.2) is 6.10 Å². The van der Waals surface area contributed by atoms with E-state index in [2.05, 4.69) is 21.2 Å². The van der Waals surface area contributed by atoms with Gasteiger partial charge in [0.25, 0.3) is 5.91 Å². The average molecular weight is 403 g/mol. The number of hydrogen-bond donors (Lipinski definition) is 2. The molecule has 0 aliphatic carbocycles. The smallest absolute Gasteiger partial charge is 0.258 e. The summed E-state index contributed by atoms with van der Waals surface area (Å²) in [5.41, 5.74) is 1.53. The van der Waals surface area contributed by atoms with E-state index in [9.17, 15) is 14.7 Å². The van der Waals surface area contributed by atoms with Crippen LogP contribution in [0.15, 0.2) is 53.0 Å². The van der Waals surface area contributed by atoms with Gasteiger partial charge >= 0.3 is 0 Å². The number of benzene rings is 2. The molecule has 0 aromatic heterocycles. The van der Waals surface area contributed by atoms with E-state index in [1.54, 1.807) is 23.3 Å². The van der Waals surface area contributed by atoms with Gasteiger partial charge < -0.3 is 5.11 Å². The lowest BCUT2D eigenvalue weighted by Crippen LogP contribution is -2.33. The Morgan fingerprint density at radius 3 is 2.64 bits per heavy atom. The summed E-state index contributed by atoms with van der Waals surface area (Å²) in [7, 11) is 0. The lowest BCUT2D eigenvalue weighted by Gasteiger charge is -2.26. The number of nitrogens with zero attached hydrogens (tertiary/aromatic N) is 1. The molecule has 2 fully saturated rings. The molecule has 2 aromatic rings. The van der Waals surface area contributed by atoms with Crippen LogP contribution in [-0.4, -0.2) is 28.1 Å². The standard InChI is InChI=1S/C18H15BrN2O4/c19-11-6-7-13(22)12(8-11)15-14-16(18(24)20-17(14)23)25-21(15)9-10-4-2-1-3-5-10/h1-8,14-16,22H,9H2,(H,20,23,24). The first-order valence-electron chi connectivity index (χ1n) is 7.85. The number of aromatic hydroxyl groups is 1. The Morgan fingerprint density at radius 2 is 1.88 bits per heavy atom. The molecule has 0 bridgehead atoms. The largest absolute Gasteiger partial charge is 0.508 e. The van der Waals surface area contributed by atoms with Gasteiger partial charge in [0.05, 0.1) is 12.0 Å². The minimum absolute atomic E-state index is 0.0580. The third-order valence-corrected chi connectivity index (χ3v) is 5.02. The third-order valence-electron chi connectivity index (χ3n) is 4.52. The highest BCUT2D eigenvalue weighted by molar-refractivity contribution is 9.10. The van der Waals surface area contributed by atoms with Crippen LogP contribution in [0.2, 0.25) is 0 Å². The van der Waals surface area contributed by atoms with Gasteiger partial charge in [-0.05, 0) is 23.8 Å². The number of phenolic OH excluding ortho intramolecular Hbond substituents is 1. The van der Waals surface area contributed by atoms with Gasteiger partial charge in [-0.3, -0.25) is 19.7 Å². The first kappa shape index (κ1) is 16.3. The molecule has 7 heteroatoms. The van der Waals surface area contributed by atoms with Crippen LogP contribution in [0.4, 0.5) is 0 Å². The Kier molecular flexibility index (Phi) is 4.07. The molecule has 2 aliphatic heterocycles. The van der Waals surface area contributed by atoms with Crippen molar-refractivity contribution >= 4 is 27.7 Å². The maximum absolute atomic E-state index is 12.3. The minimum Gasteiger partial charge on any atom is -0.508 e. The zero-order valence-corrected chi connectivity index (χ0v) is 14.6. The van der Waals surface area contributed by atoms with Crippen molar-refractivity contribution in [3.8, 4) is 5.75 Å². The van der Waals surface area contributed by atoms with E-state index >= 15 is 0 Å². The highest BCUT2D eigenvalue weighted by Crippen LogP contribution is 2.45. The molecule has 128 valence electrons. The summed E-state index contributed by atoms with van der Waals surface area (Å²) in [5, 5.41) is 14.3. The second-order valence-electron chi connectivity index (χ2n) is 6.11. The zero-order valence-electron chi connectivity index (χ0n) is 13.1. The number of halogens is 1. The Morgan fingerprint density at radius 1 is 1.12 bits per heavy atom. The van der Waals surface area contributed by atoms with Crippen molar-refractivity contribution in [2.75, 3.05) is 0 Å². The van der Waals surface area contributed by atoms with Crippen LogP contribution >= 0.6 is 15.9 Å². The fourth-order valence-corrected chi connectivity index (χ4v) is 3.78. The minimum atomic E-state index is -0.875. The van der Waals surface area contributed by atoms with Crippen LogP contribution in [-0.2, 0) is 21.0 Å². The average Bonchev–Trinajstić information content (AvgIpc) is 3.09. The van der Waals surface area contributed by atoms with Crippen LogP contribution < -0.4 is 5.32 Å². The summed E-state index contributed by atoms with van der Waals surface area (Å²) in [6.07, 6.45) is -0.875. The van der Waals surface area contributed by atoms with Gasteiger partial charge in [0.1, 0.15) is 5.75 Å². The lowest BCUT2D eigenvalue weighted by atomic mass is 9.90. The molecule has 3 unspecified atom stereocenters. The Bertz CT molecular complexity index is 842. The van der Waals surface area contributed by atoms with Crippen molar-refractivity contribution < 1.29 is 19.5 Å². The van der Waals surface area contributed by atoms with E-state index in [0.717, 1.165) is 10.0 Å². The van der Waals surface area contributed by atoms with Gasteiger partial charge in [-0.25, -0.2) is 0 Å². The fraction of sp³-hybridized carbons (Fsp3) is 0.222. The van der Waals surface area contributed by atoms with Crippen LogP contribution in [0.5, 0.6) is 5.75 Å². The second kappa shape index (κ2) is 6.25. The van der Waals surface area contributed by atoms with Gasteiger partial charge in [-0.1, -0.05) is 46.3 Å². The van der Waals surface area contributed by atoms with Crippen molar-refractivity contribution in [1.82, 2.24) is 10.4 Å². The molecule has 2 saturated heterocycles. The fourth-order valence-electron chi connectivity index (χ4n) is 3.40. The van der Waals surface area contributed by atoms with Crippen molar-refractivity contribution in [2.24, 2.45) is 5.92 Å². The summed E-state index contributed by atoms with van der Waals surface area (Å²) >= 11 is 3.39. The number of amides is 2. The predicted octanol–water partition coefficient (Wildman–Crippen LogP) is 2.28. The lowest BCUT2D eigenvalue weighted by molar-refractivity contribution is -0.178. The molecule has 2 amide bonds. The number of nitrogens with one attached hydrogen (secondary N) is 1. The Balaban J connectivity index is 1.76. The topological polar surface area (TPSA) is 78.9 Å². The summed E-state index contributed by atoms with van der Waals surface area (Å²) in [4.78, 5) is 30.2. The monoisotopic (exact) mass is 402 g/mol. The van der Waals surface area contributed by atoms with E-state index in [-0.39, 0.29) is 11.7 Å². The van der Waals surface area contributed by atoms with Gasteiger partial charge in [-0.15, -0.1) is 0 Å². The number of carbonyl (C=O) groups is 2. The van der Waals surface area contributed by atoms with E-state index in [1.807, 2.05) is 30.3 Å². The molecule has 0 radical (unpaired) electrons. The number of hydroxylamine groups is 2. The predicted molar refractivity (Wildman–Crippen MR) is 92.0 cm³/mol. The number of carbonyl (C=O) groups excluding carboxylic acids is 2. The van der Waals surface area contributed by atoms with Crippen molar-refractivity contribution in [2.45, 2.75) is 18.7 Å². The molecule has 2 aromatic carbocycles. The summed E-state index contributed by atoms with van der Waals surface area (Å²) < 4.78 is 0.771. The Hall–Kier alpha value is -2.22. The molecule has 0 saturated carbocycles. The number of fused-ring (bicyclic) bond motifs is 1. The van der Waals surface area contributed by atoms with Crippen LogP contribution in [0.25, 0.3) is 0 Å². The van der Waals surface area contributed by atoms with Gasteiger partial charge in [0, 0.05) is 16.6 Å². The molecular formula is C18H15BrN2O4. The molecule has 3 atom stereocenters. The molecule has 2 aliphatic rings. The van der Waals surface area contributed by atoms with Crippen LogP contribution in [0.1, 0.15) is 17.2 Å². The van der Waals surface area contributed by atoms with E-state index in [0.29, 0.717) is 12.1 Å².